The van der Waals surface area contributed by atoms with E-state index < -0.39 is 0 Å². The van der Waals surface area contributed by atoms with E-state index in [0.717, 1.165) is 24.1 Å². The lowest BCUT2D eigenvalue weighted by Gasteiger charge is -2.20. The van der Waals surface area contributed by atoms with Crippen LogP contribution in [0.2, 0.25) is 5.02 Å². The molecule has 4 nitrogen and oxygen atoms in total. The molecular formula is C14H17ClN2O2. The van der Waals surface area contributed by atoms with Crippen molar-refractivity contribution in [3.8, 4) is 0 Å². The molecule has 1 unspecified atom stereocenters. The third-order valence-electron chi connectivity index (χ3n) is 3.22. The molecule has 0 saturated carbocycles. The minimum absolute atomic E-state index is 0.0442. The number of ether oxygens (including phenoxy) is 1. The number of carbonyl (C=O) groups is 1. The fraction of sp³-hybridized carbons (Fsp3) is 0.429. The second-order valence-electron chi connectivity index (χ2n) is 4.54. The van der Waals surface area contributed by atoms with Gasteiger partial charge in [0.05, 0.1) is 28.9 Å². The summed E-state index contributed by atoms with van der Waals surface area (Å²) in [6, 6.07) is 1.70. The lowest BCUT2D eigenvalue weighted by Crippen LogP contribution is -2.19. The van der Waals surface area contributed by atoms with Gasteiger partial charge in [-0.1, -0.05) is 17.7 Å². The van der Waals surface area contributed by atoms with Crippen molar-refractivity contribution in [2.75, 3.05) is 12.3 Å². The molecule has 1 heterocycles. The zero-order chi connectivity index (χ0) is 13.8. The highest BCUT2D eigenvalue weighted by atomic mass is 35.5. The lowest BCUT2D eigenvalue weighted by molar-refractivity contribution is -0.148. The summed E-state index contributed by atoms with van der Waals surface area (Å²) in [5.74, 6) is -0.160. The number of nitrogens with zero attached hydrogens (tertiary/aromatic N) is 1. The molecule has 0 spiro atoms. The molecule has 102 valence electrons. The average molecular weight is 281 g/mol. The van der Waals surface area contributed by atoms with Crippen LogP contribution < -0.4 is 5.73 Å². The molecule has 1 aliphatic carbocycles. The maximum absolute atomic E-state index is 11.6. The van der Waals surface area contributed by atoms with E-state index in [9.17, 15) is 4.79 Å². The summed E-state index contributed by atoms with van der Waals surface area (Å²) in [6.45, 7) is 2.25. The highest BCUT2D eigenvalue weighted by Crippen LogP contribution is 2.32. The van der Waals surface area contributed by atoms with Gasteiger partial charge < -0.3 is 10.5 Å². The number of esters is 1. The number of aromatic nitrogens is 1. The molecule has 1 aromatic rings. The van der Waals surface area contributed by atoms with Crippen molar-refractivity contribution in [2.45, 2.75) is 26.2 Å². The third kappa shape index (κ3) is 3.26. The van der Waals surface area contributed by atoms with Crippen LogP contribution in [0.15, 0.2) is 18.3 Å². The number of hydrogen-bond donors (Lipinski definition) is 1. The number of allylic oxidation sites excluding steroid dienone is 2. The third-order valence-corrected chi connectivity index (χ3v) is 3.43. The molecule has 0 aliphatic heterocycles. The molecule has 1 atom stereocenters. The van der Waals surface area contributed by atoms with Crippen LogP contribution in [0.25, 0.3) is 5.57 Å². The average Bonchev–Trinajstić information content (AvgIpc) is 2.39. The topological polar surface area (TPSA) is 65.2 Å². The Bertz CT molecular complexity index is 514. The minimum Gasteiger partial charge on any atom is -0.466 e. The highest BCUT2D eigenvalue weighted by Gasteiger charge is 2.24. The standard InChI is InChI=1S/C14H17ClN2O2/c1-2-19-14(18)10-5-3-9(4-6-10)13-12(16)7-11(15)8-17-13/h3,7-8,10H,2,4-6,16H2,1H3. The predicted octanol–water partition coefficient (Wildman–Crippen LogP) is 3.06. The highest BCUT2D eigenvalue weighted by molar-refractivity contribution is 6.30. The molecule has 0 bridgehead atoms. The number of carbonyl (C=O) groups excluding carboxylic acids is 1. The van der Waals surface area contributed by atoms with Crippen LogP contribution in [-0.2, 0) is 9.53 Å². The van der Waals surface area contributed by atoms with E-state index in [1.807, 2.05) is 13.0 Å². The van der Waals surface area contributed by atoms with Crippen molar-refractivity contribution in [1.82, 2.24) is 4.98 Å². The van der Waals surface area contributed by atoms with Crippen molar-refractivity contribution in [3.63, 3.8) is 0 Å². The van der Waals surface area contributed by atoms with Crippen LogP contribution in [0, 0.1) is 5.92 Å². The van der Waals surface area contributed by atoms with Crippen LogP contribution in [0.4, 0.5) is 5.69 Å². The van der Waals surface area contributed by atoms with Crippen LogP contribution >= 0.6 is 11.6 Å². The van der Waals surface area contributed by atoms with Gasteiger partial charge in [0, 0.05) is 6.20 Å². The molecule has 0 radical (unpaired) electrons. The molecule has 1 aliphatic rings. The Morgan fingerprint density at radius 2 is 2.42 bits per heavy atom. The van der Waals surface area contributed by atoms with Gasteiger partial charge in [-0.2, -0.15) is 0 Å². The molecule has 19 heavy (non-hydrogen) atoms. The normalized spacial score (nSPS) is 18.8. The van der Waals surface area contributed by atoms with Gasteiger partial charge in [0.2, 0.25) is 0 Å². The van der Waals surface area contributed by atoms with Gasteiger partial charge in [-0.25, -0.2) is 0 Å². The van der Waals surface area contributed by atoms with Gasteiger partial charge >= 0.3 is 5.97 Å². The number of nitrogen functional groups attached to an aromatic ring is 1. The molecule has 1 aromatic heterocycles. The van der Waals surface area contributed by atoms with Gasteiger partial charge in [-0.3, -0.25) is 9.78 Å². The number of rotatable bonds is 3. The largest absolute Gasteiger partial charge is 0.466 e. The number of pyridine rings is 1. The van der Waals surface area contributed by atoms with Crippen LogP contribution in [0.1, 0.15) is 31.9 Å². The number of anilines is 1. The van der Waals surface area contributed by atoms with E-state index in [4.69, 9.17) is 22.1 Å². The predicted molar refractivity (Wildman–Crippen MR) is 75.6 cm³/mol. The van der Waals surface area contributed by atoms with Crippen LogP contribution in [0.5, 0.6) is 0 Å². The summed E-state index contributed by atoms with van der Waals surface area (Å²) in [5.41, 5.74) is 8.34. The summed E-state index contributed by atoms with van der Waals surface area (Å²) in [4.78, 5) is 15.9. The van der Waals surface area contributed by atoms with E-state index in [1.54, 1.807) is 12.3 Å². The SMILES string of the molecule is CCOC(=O)C1CC=C(c2ncc(Cl)cc2N)CC1. The van der Waals surface area contributed by atoms with Crippen molar-refractivity contribution in [3.05, 3.63) is 29.1 Å². The van der Waals surface area contributed by atoms with E-state index in [2.05, 4.69) is 4.98 Å². The Labute approximate surface area is 117 Å². The number of halogens is 1. The fourth-order valence-corrected chi connectivity index (χ4v) is 2.41. The zero-order valence-corrected chi connectivity index (χ0v) is 11.6. The van der Waals surface area contributed by atoms with Crippen molar-refractivity contribution < 1.29 is 9.53 Å². The summed E-state index contributed by atoms with van der Waals surface area (Å²) >= 11 is 5.83. The Hall–Kier alpha value is -1.55. The lowest BCUT2D eigenvalue weighted by atomic mass is 9.88. The number of hydrogen-bond acceptors (Lipinski definition) is 4. The van der Waals surface area contributed by atoms with Gasteiger partial charge in [-0.05, 0) is 37.8 Å². The van der Waals surface area contributed by atoms with Gasteiger partial charge in [-0.15, -0.1) is 0 Å². The first-order valence-electron chi connectivity index (χ1n) is 6.39. The minimum atomic E-state index is -0.116. The summed E-state index contributed by atoms with van der Waals surface area (Å²) in [5, 5.41) is 0.530. The summed E-state index contributed by atoms with van der Waals surface area (Å²) < 4.78 is 5.04. The van der Waals surface area contributed by atoms with Crippen molar-refractivity contribution >= 4 is 28.8 Å². The quantitative estimate of drug-likeness (QED) is 0.864. The fourth-order valence-electron chi connectivity index (χ4n) is 2.25. The second kappa shape index (κ2) is 6.06. The first-order chi connectivity index (χ1) is 9.11. The molecule has 0 aromatic carbocycles. The van der Waals surface area contributed by atoms with E-state index in [1.165, 1.54) is 0 Å². The van der Waals surface area contributed by atoms with Crippen LogP contribution in [-0.4, -0.2) is 17.6 Å². The maximum Gasteiger partial charge on any atom is 0.309 e. The van der Waals surface area contributed by atoms with Crippen molar-refractivity contribution in [1.29, 1.82) is 0 Å². The van der Waals surface area contributed by atoms with E-state index in [-0.39, 0.29) is 11.9 Å². The maximum atomic E-state index is 11.6. The van der Waals surface area contributed by atoms with Crippen molar-refractivity contribution in [2.24, 2.45) is 5.92 Å². The number of nitrogens with two attached hydrogens (primary N) is 1. The summed E-state index contributed by atoms with van der Waals surface area (Å²) in [7, 11) is 0. The molecule has 2 rings (SSSR count). The smallest absolute Gasteiger partial charge is 0.309 e. The van der Waals surface area contributed by atoms with Crippen LogP contribution in [0.3, 0.4) is 0 Å². The first kappa shape index (κ1) is 13.9. The molecule has 0 saturated heterocycles. The monoisotopic (exact) mass is 280 g/mol. The first-order valence-corrected chi connectivity index (χ1v) is 6.76. The molecule has 0 amide bonds. The molecule has 5 heteroatoms. The molecule has 0 fully saturated rings. The Kier molecular flexibility index (Phi) is 4.43. The van der Waals surface area contributed by atoms with E-state index in [0.29, 0.717) is 23.7 Å². The molecular weight excluding hydrogens is 264 g/mol. The Morgan fingerprint density at radius 3 is 3.00 bits per heavy atom. The Balaban J connectivity index is 2.10. The van der Waals surface area contributed by atoms with Gasteiger partial charge in [0.25, 0.3) is 0 Å². The Morgan fingerprint density at radius 1 is 1.63 bits per heavy atom. The summed E-state index contributed by atoms with van der Waals surface area (Å²) in [6.07, 6.45) is 5.85. The molecule has 2 N–H and O–H groups in total. The van der Waals surface area contributed by atoms with Gasteiger partial charge in [0.15, 0.2) is 0 Å². The van der Waals surface area contributed by atoms with Gasteiger partial charge in [0.1, 0.15) is 0 Å². The zero-order valence-electron chi connectivity index (χ0n) is 10.9. The second-order valence-corrected chi connectivity index (χ2v) is 4.98. The van der Waals surface area contributed by atoms with E-state index >= 15 is 0 Å².